The van der Waals surface area contributed by atoms with Crippen LogP contribution >= 0.6 is 0 Å². The molecule has 1 saturated heterocycles. The third-order valence-electron chi connectivity index (χ3n) is 7.44. The molecule has 1 saturated carbocycles. The molecule has 4 unspecified atom stereocenters. The number of benzene rings is 2. The van der Waals surface area contributed by atoms with Gasteiger partial charge in [-0.2, -0.15) is 17.5 Å². The average molecular weight is 575 g/mol. The number of primary amides is 1. The number of amides is 1. The third-order valence-corrected chi connectivity index (χ3v) is 9.29. The zero-order chi connectivity index (χ0) is 28.8. The number of alkyl halides is 3. The Morgan fingerprint density at radius 3 is 2.41 bits per heavy atom. The fourth-order valence-electron chi connectivity index (χ4n) is 5.88. The van der Waals surface area contributed by atoms with Crippen molar-refractivity contribution < 1.29 is 50.5 Å². The van der Waals surface area contributed by atoms with E-state index in [-0.39, 0.29) is 29.9 Å². The minimum Gasteiger partial charge on any atom is -0.489 e. The summed E-state index contributed by atoms with van der Waals surface area (Å²) in [6, 6.07) is 4.77. The van der Waals surface area contributed by atoms with Crippen LogP contribution in [-0.2, 0) is 32.4 Å². The molecule has 4 N–H and O–H groups in total. The molecule has 2 aromatic rings. The number of rotatable bonds is 7. The number of aliphatic hydroxyl groups is 1. The molecule has 2 aliphatic rings. The van der Waals surface area contributed by atoms with Crippen molar-refractivity contribution in [2.24, 2.45) is 17.1 Å². The lowest BCUT2D eigenvalue weighted by molar-refractivity contribution is -0.155. The number of β-amino-alcohol motifs (C(OH)–C–C–N with tert-alkyl or cyclic N) is 1. The summed E-state index contributed by atoms with van der Waals surface area (Å²) in [5.41, 5.74) is 2.60. The van der Waals surface area contributed by atoms with E-state index in [1.165, 1.54) is 0 Å². The lowest BCUT2D eigenvalue weighted by Gasteiger charge is -2.49. The summed E-state index contributed by atoms with van der Waals surface area (Å²) in [5, 5.41) is 20.6. The van der Waals surface area contributed by atoms with Gasteiger partial charge in [0, 0.05) is 23.4 Å². The van der Waals surface area contributed by atoms with Crippen LogP contribution in [-0.4, -0.2) is 53.5 Å². The smallest absolute Gasteiger partial charge is 0.416 e. The van der Waals surface area contributed by atoms with Crippen molar-refractivity contribution in [1.29, 1.82) is 0 Å². The number of nitrogens with zero attached hydrogens (tertiary/aromatic N) is 1. The van der Waals surface area contributed by atoms with E-state index in [2.05, 4.69) is 0 Å². The van der Waals surface area contributed by atoms with Crippen LogP contribution < -0.4 is 10.5 Å². The van der Waals surface area contributed by atoms with Gasteiger partial charge in [0.1, 0.15) is 24.2 Å². The number of carbonyl (C=O) groups is 2. The monoisotopic (exact) mass is 574 g/mol. The number of nitrogens with two attached hydrogens (primary N) is 1. The molecule has 14 heteroatoms. The Kier molecular flexibility index (Phi) is 7.67. The Balaban J connectivity index is 1.60. The van der Waals surface area contributed by atoms with Gasteiger partial charge in [-0.3, -0.25) is 9.59 Å². The van der Waals surface area contributed by atoms with Crippen LogP contribution in [0.3, 0.4) is 0 Å². The number of ether oxygens (including phenoxy) is 1. The molecule has 212 valence electrons. The molecule has 2 aromatic carbocycles. The number of carboxylic acid groups (broad SMARTS) is 1. The SMILES string of the molecule is NC(=O)C1CCCC12CC(O)CN(S(=O)(=O)c1ccc(OCc3cc(F)ccc3C(F)(F)F)cc1)C2C(=O)O. The first kappa shape index (κ1) is 28.8. The molecule has 39 heavy (non-hydrogen) atoms. The van der Waals surface area contributed by atoms with Crippen molar-refractivity contribution in [2.45, 2.75) is 55.5 Å². The second-order valence-electron chi connectivity index (χ2n) is 9.81. The maximum absolute atomic E-state index is 13.6. The van der Waals surface area contributed by atoms with E-state index in [4.69, 9.17) is 10.5 Å². The summed E-state index contributed by atoms with van der Waals surface area (Å²) < 4.78 is 86.4. The molecule has 1 spiro atoms. The van der Waals surface area contributed by atoms with E-state index in [0.717, 1.165) is 24.3 Å². The van der Waals surface area contributed by atoms with Gasteiger partial charge in [-0.05, 0) is 61.7 Å². The van der Waals surface area contributed by atoms with Crippen molar-refractivity contribution in [1.82, 2.24) is 4.31 Å². The Hall–Kier alpha value is -3.23. The van der Waals surface area contributed by atoms with E-state index in [9.17, 15) is 45.8 Å². The summed E-state index contributed by atoms with van der Waals surface area (Å²) in [5.74, 6) is -4.10. The molecule has 1 amide bonds. The van der Waals surface area contributed by atoms with E-state index < -0.39 is 81.7 Å². The standard InChI is InChI=1S/C25H26F4N2O7S/c26-15-3-8-19(25(27,28)29)14(10-15)13-38-17-4-6-18(7-5-17)39(36,37)31-12-16(32)11-24(21(31)23(34)35)9-1-2-20(24)22(30)33/h3-8,10,16,20-21,32H,1-2,9,11-13H2,(H2,30,33)(H,34,35). The van der Waals surface area contributed by atoms with Gasteiger partial charge < -0.3 is 20.7 Å². The van der Waals surface area contributed by atoms with Gasteiger partial charge in [-0.1, -0.05) is 6.42 Å². The number of hydrogen-bond donors (Lipinski definition) is 3. The lowest BCUT2D eigenvalue weighted by Crippen LogP contribution is -2.64. The second-order valence-corrected chi connectivity index (χ2v) is 11.7. The summed E-state index contributed by atoms with van der Waals surface area (Å²) in [7, 11) is -4.53. The molecule has 2 fully saturated rings. The molecule has 4 atom stereocenters. The highest BCUT2D eigenvalue weighted by molar-refractivity contribution is 7.89. The summed E-state index contributed by atoms with van der Waals surface area (Å²) >= 11 is 0. The first-order chi connectivity index (χ1) is 18.2. The predicted octanol–water partition coefficient (Wildman–Crippen LogP) is 2.90. The highest BCUT2D eigenvalue weighted by atomic mass is 32.2. The van der Waals surface area contributed by atoms with Crippen molar-refractivity contribution in [3.05, 3.63) is 59.4 Å². The summed E-state index contributed by atoms with van der Waals surface area (Å²) in [4.78, 5) is 24.2. The van der Waals surface area contributed by atoms with E-state index in [1.54, 1.807) is 0 Å². The first-order valence-corrected chi connectivity index (χ1v) is 13.4. The zero-order valence-electron chi connectivity index (χ0n) is 20.4. The second kappa shape index (κ2) is 10.4. The van der Waals surface area contributed by atoms with Crippen LogP contribution in [0.25, 0.3) is 0 Å². The van der Waals surface area contributed by atoms with Crippen molar-refractivity contribution in [3.8, 4) is 5.75 Å². The van der Waals surface area contributed by atoms with Crippen molar-refractivity contribution in [3.63, 3.8) is 0 Å². The molecule has 0 radical (unpaired) electrons. The number of aliphatic carboxylic acids is 1. The van der Waals surface area contributed by atoms with E-state index in [0.29, 0.717) is 28.9 Å². The van der Waals surface area contributed by atoms with Crippen LogP contribution in [0.2, 0.25) is 0 Å². The van der Waals surface area contributed by atoms with Crippen LogP contribution in [0.4, 0.5) is 17.6 Å². The number of carboxylic acids is 1. The number of piperidine rings is 1. The number of sulfonamides is 1. The van der Waals surface area contributed by atoms with Gasteiger partial charge in [0.15, 0.2) is 0 Å². The maximum atomic E-state index is 13.6. The Labute approximate surface area is 221 Å². The number of aliphatic hydroxyl groups excluding tert-OH is 1. The average Bonchev–Trinajstić information content (AvgIpc) is 3.24. The molecule has 4 rings (SSSR count). The zero-order valence-corrected chi connectivity index (χ0v) is 21.2. The van der Waals surface area contributed by atoms with Gasteiger partial charge in [0.05, 0.1) is 16.6 Å². The Morgan fingerprint density at radius 1 is 1.15 bits per heavy atom. The largest absolute Gasteiger partial charge is 0.489 e. The normalized spacial score (nSPS) is 26.0. The number of halogens is 4. The molecular weight excluding hydrogens is 548 g/mol. The third kappa shape index (κ3) is 5.45. The number of carbonyl (C=O) groups excluding carboxylic acids is 1. The minimum absolute atomic E-state index is 0.0270. The summed E-state index contributed by atoms with van der Waals surface area (Å²) in [6.07, 6.45) is -5.19. The molecule has 9 nitrogen and oxygen atoms in total. The van der Waals surface area contributed by atoms with Crippen LogP contribution in [0, 0.1) is 17.2 Å². The Bertz CT molecular complexity index is 1370. The topological polar surface area (TPSA) is 147 Å². The van der Waals surface area contributed by atoms with Crippen LogP contribution in [0.5, 0.6) is 5.75 Å². The fraction of sp³-hybridized carbons (Fsp3) is 0.440. The maximum Gasteiger partial charge on any atom is 0.416 e. The first-order valence-electron chi connectivity index (χ1n) is 12.0. The van der Waals surface area contributed by atoms with Crippen molar-refractivity contribution >= 4 is 21.9 Å². The molecule has 1 aliphatic carbocycles. The van der Waals surface area contributed by atoms with Gasteiger partial charge in [0.2, 0.25) is 15.9 Å². The Morgan fingerprint density at radius 2 is 1.82 bits per heavy atom. The molecule has 1 heterocycles. The predicted molar refractivity (Wildman–Crippen MR) is 127 cm³/mol. The minimum atomic E-state index is -4.74. The molecular formula is C25H26F4N2O7S. The highest BCUT2D eigenvalue weighted by Crippen LogP contribution is 2.53. The molecule has 0 aromatic heterocycles. The van der Waals surface area contributed by atoms with Gasteiger partial charge in [-0.15, -0.1) is 0 Å². The van der Waals surface area contributed by atoms with E-state index >= 15 is 0 Å². The quantitative estimate of drug-likeness (QED) is 0.431. The molecule has 1 aliphatic heterocycles. The fourth-order valence-corrected chi connectivity index (χ4v) is 7.57. The van der Waals surface area contributed by atoms with Crippen LogP contribution in [0.15, 0.2) is 47.4 Å². The number of hydrogen-bond acceptors (Lipinski definition) is 6. The van der Waals surface area contributed by atoms with E-state index in [1.807, 2.05) is 0 Å². The van der Waals surface area contributed by atoms with Crippen LogP contribution in [0.1, 0.15) is 36.8 Å². The van der Waals surface area contributed by atoms with Gasteiger partial charge >= 0.3 is 12.1 Å². The molecule has 0 bridgehead atoms. The lowest BCUT2D eigenvalue weighted by atomic mass is 9.66. The summed E-state index contributed by atoms with van der Waals surface area (Å²) in [6.45, 7) is -1.18. The van der Waals surface area contributed by atoms with Gasteiger partial charge in [-0.25, -0.2) is 12.8 Å². The highest BCUT2D eigenvalue weighted by Gasteiger charge is 2.61. The van der Waals surface area contributed by atoms with Crippen molar-refractivity contribution in [2.75, 3.05) is 6.54 Å². The van der Waals surface area contributed by atoms with Gasteiger partial charge in [0.25, 0.3) is 0 Å².